The summed E-state index contributed by atoms with van der Waals surface area (Å²) in [7, 11) is -3.89. The monoisotopic (exact) mass is 455 g/mol. The molecule has 0 saturated heterocycles. The van der Waals surface area contributed by atoms with Crippen LogP contribution in [-0.4, -0.2) is 44.6 Å². The molecule has 0 aliphatic carbocycles. The summed E-state index contributed by atoms with van der Waals surface area (Å²) in [5.74, 6) is -0.982. The van der Waals surface area contributed by atoms with Gasteiger partial charge in [-0.25, -0.2) is 17.9 Å². The number of nitrogens with one attached hydrogen (secondary N) is 2. The Labute approximate surface area is 183 Å². The lowest BCUT2D eigenvalue weighted by atomic mass is 10.1. The van der Waals surface area contributed by atoms with Crippen molar-refractivity contribution in [2.24, 2.45) is 16.5 Å². The highest BCUT2D eigenvalue weighted by atomic mass is 32.2. The van der Waals surface area contributed by atoms with E-state index >= 15 is 0 Å². The van der Waals surface area contributed by atoms with Crippen LogP contribution in [0.4, 0.5) is 4.79 Å². The van der Waals surface area contributed by atoms with E-state index in [0.717, 1.165) is 5.56 Å². The van der Waals surface area contributed by atoms with Crippen molar-refractivity contribution < 1.29 is 22.7 Å². The van der Waals surface area contributed by atoms with Crippen LogP contribution in [0.5, 0.6) is 0 Å². The highest BCUT2D eigenvalue weighted by Gasteiger charge is 2.23. The first-order valence-electron chi connectivity index (χ1n) is 9.82. The molecule has 1 rings (SSSR count). The SMILES string of the molecule is Cc1cc(C)c(S(=O)(=O)NC(N)=NCCC[C@H](NC(=O)OC(C)(C)C)C(N)=O)c(C)c1. The number of hydrogen-bond acceptors (Lipinski definition) is 6. The molecule has 1 aromatic carbocycles. The van der Waals surface area contributed by atoms with Crippen LogP contribution in [0.2, 0.25) is 0 Å². The van der Waals surface area contributed by atoms with Crippen molar-refractivity contribution in [2.75, 3.05) is 6.54 Å². The standard InChI is InChI=1S/C20H33N5O5S/c1-12-10-13(2)16(14(3)11-12)31(28,29)25-18(22)23-9-7-8-15(17(21)26)24-19(27)30-20(4,5)6/h10-11,15H,7-9H2,1-6H3,(H2,21,26)(H,24,27)(H3,22,23,25)/t15-/m0/s1. The summed E-state index contributed by atoms with van der Waals surface area (Å²) in [6.07, 6.45) is -0.237. The average molecular weight is 456 g/mol. The largest absolute Gasteiger partial charge is 0.444 e. The van der Waals surface area contributed by atoms with Crippen LogP contribution in [0.25, 0.3) is 0 Å². The quantitative estimate of drug-likeness (QED) is 0.262. The van der Waals surface area contributed by atoms with E-state index in [1.54, 1.807) is 46.8 Å². The van der Waals surface area contributed by atoms with Gasteiger partial charge in [-0.1, -0.05) is 17.7 Å². The summed E-state index contributed by atoms with van der Waals surface area (Å²) < 4.78 is 32.7. The number of guanidine groups is 1. The first-order valence-corrected chi connectivity index (χ1v) is 11.3. The smallest absolute Gasteiger partial charge is 0.408 e. The van der Waals surface area contributed by atoms with E-state index in [1.807, 2.05) is 6.92 Å². The molecule has 10 nitrogen and oxygen atoms in total. The van der Waals surface area contributed by atoms with E-state index < -0.39 is 33.7 Å². The summed E-state index contributed by atoms with van der Waals surface area (Å²) in [4.78, 5) is 27.5. The van der Waals surface area contributed by atoms with Crippen LogP contribution in [0.1, 0.15) is 50.3 Å². The molecule has 174 valence electrons. The number of hydrogen-bond donors (Lipinski definition) is 4. The van der Waals surface area contributed by atoms with Crippen LogP contribution in [0.15, 0.2) is 22.0 Å². The van der Waals surface area contributed by atoms with Gasteiger partial charge in [-0.05, 0) is 65.5 Å². The lowest BCUT2D eigenvalue weighted by molar-refractivity contribution is -0.120. The number of sulfonamides is 1. The van der Waals surface area contributed by atoms with Crippen molar-refractivity contribution in [2.45, 2.75) is 70.9 Å². The van der Waals surface area contributed by atoms with Gasteiger partial charge in [-0.3, -0.25) is 9.79 Å². The van der Waals surface area contributed by atoms with Gasteiger partial charge in [-0.2, -0.15) is 0 Å². The number of primary amides is 1. The average Bonchev–Trinajstić information content (AvgIpc) is 2.53. The van der Waals surface area contributed by atoms with Gasteiger partial charge < -0.3 is 21.5 Å². The molecule has 1 aromatic rings. The molecule has 1 atom stereocenters. The second-order valence-electron chi connectivity index (χ2n) is 8.34. The third kappa shape index (κ3) is 8.83. The molecule has 0 aliphatic rings. The van der Waals surface area contributed by atoms with Crippen molar-refractivity contribution in [3.63, 3.8) is 0 Å². The lowest BCUT2D eigenvalue weighted by Gasteiger charge is -2.22. The minimum absolute atomic E-state index is 0.125. The number of aliphatic imine (C=N–C) groups is 1. The second-order valence-corrected chi connectivity index (χ2v) is 9.96. The van der Waals surface area contributed by atoms with E-state index in [4.69, 9.17) is 16.2 Å². The first kappa shape index (κ1) is 26.2. The summed E-state index contributed by atoms with van der Waals surface area (Å²) in [5.41, 5.74) is 12.5. The molecule has 0 radical (unpaired) electrons. The number of rotatable bonds is 8. The minimum Gasteiger partial charge on any atom is -0.444 e. The molecule has 11 heteroatoms. The van der Waals surface area contributed by atoms with E-state index in [1.165, 1.54) is 0 Å². The fourth-order valence-corrected chi connectivity index (χ4v) is 4.45. The fourth-order valence-electron chi connectivity index (χ4n) is 3.04. The summed E-state index contributed by atoms with van der Waals surface area (Å²) in [6.45, 7) is 10.5. The molecule has 2 amide bonds. The molecule has 31 heavy (non-hydrogen) atoms. The highest BCUT2D eigenvalue weighted by Crippen LogP contribution is 2.21. The molecule has 0 unspecified atom stereocenters. The molecule has 0 aromatic heterocycles. The summed E-state index contributed by atoms with van der Waals surface area (Å²) in [6, 6.07) is 2.60. The number of amides is 2. The number of carbonyl (C=O) groups is 2. The van der Waals surface area contributed by atoms with Crippen LogP contribution >= 0.6 is 0 Å². The van der Waals surface area contributed by atoms with E-state index in [0.29, 0.717) is 17.5 Å². The predicted octanol–water partition coefficient (Wildman–Crippen LogP) is 1.36. The third-order valence-electron chi connectivity index (χ3n) is 4.08. The predicted molar refractivity (Wildman–Crippen MR) is 119 cm³/mol. The zero-order chi connectivity index (χ0) is 24.0. The maximum absolute atomic E-state index is 12.7. The molecular weight excluding hydrogens is 422 g/mol. The normalized spacial score (nSPS) is 13.4. The Hall–Kier alpha value is -2.82. The van der Waals surface area contributed by atoms with Crippen LogP contribution < -0.4 is 21.5 Å². The molecular formula is C20H33N5O5S. The molecule has 0 fully saturated rings. The summed E-state index contributed by atoms with van der Waals surface area (Å²) >= 11 is 0. The number of benzene rings is 1. The van der Waals surface area contributed by atoms with Gasteiger partial charge in [0.1, 0.15) is 11.6 Å². The summed E-state index contributed by atoms with van der Waals surface area (Å²) in [5, 5.41) is 2.41. The van der Waals surface area contributed by atoms with Crippen LogP contribution in [0.3, 0.4) is 0 Å². The topological polar surface area (TPSA) is 166 Å². The molecule has 0 saturated carbocycles. The van der Waals surface area contributed by atoms with E-state index in [9.17, 15) is 18.0 Å². The zero-order valence-electron chi connectivity index (χ0n) is 18.9. The zero-order valence-corrected chi connectivity index (χ0v) is 19.7. The maximum Gasteiger partial charge on any atom is 0.408 e. The van der Waals surface area contributed by atoms with Crippen molar-refractivity contribution in [3.05, 3.63) is 28.8 Å². The number of aryl methyl sites for hydroxylation is 3. The number of alkyl carbamates (subject to hydrolysis) is 1. The molecule has 0 heterocycles. The second kappa shape index (κ2) is 10.5. The van der Waals surface area contributed by atoms with E-state index in [2.05, 4.69) is 15.0 Å². The Morgan fingerprint density at radius 1 is 1.13 bits per heavy atom. The Morgan fingerprint density at radius 2 is 1.68 bits per heavy atom. The Morgan fingerprint density at radius 3 is 2.16 bits per heavy atom. The van der Waals surface area contributed by atoms with Gasteiger partial charge in [0.05, 0.1) is 4.90 Å². The van der Waals surface area contributed by atoms with Crippen molar-refractivity contribution in [1.29, 1.82) is 0 Å². The number of nitrogens with zero attached hydrogens (tertiary/aromatic N) is 1. The molecule has 0 spiro atoms. The first-order chi connectivity index (χ1) is 14.1. The molecule has 6 N–H and O–H groups in total. The Balaban J connectivity index is 2.69. The molecule has 0 aliphatic heterocycles. The van der Waals surface area contributed by atoms with Crippen LogP contribution in [0, 0.1) is 20.8 Å². The fraction of sp³-hybridized carbons (Fsp3) is 0.550. The lowest BCUT2D eigenvalue weighted by Crippen LogP contribution is -2.46. The molecule has 0 bridgehead atoms. The Bertz CT molecular complexity index is 928. The highest BCUT2D eigenvalue weighted by molar-refractivity contribution is 7.90. The maximum atomic E-state index is 12.7. The van der Waals surface area contributed by atoms with Gasteiger partial charge in [0.2, 0.25) is 11.9 Å². The van der Waals surface area contributed by atoms with Gasteiger partial charge in [0, 0.05) is 6.54 Å². The van der Waals surface area contributed by atoms with Crippen molar-refractivity contribution in [3.8, 4) is 0 Å². The minimum atomic E-state index is -3.89. The Kier molecular flexibility index (Phi) is 8.85. The van der Waals surface area contributed by atoms with Gasteiger partial charge >= 0.3 is 6.09 Å². The van der Waals surface area contributed by atoms with Gasteiger partial charge in [0.25, 0.3) is 10.0 Å². The van der Waals surface area contributed by atoms with Gasteiger partial charge in [-0.15, -0.1) is 0 Å². The van der Waals surface area contributed by atoms with Crippen molar-refractivity contribution in [1.82, 2.24) is 10.0 Å². The number of carbonyl (C=O) groups excluding carboxylic acids is 2. The van der Waals surface area contributed by atoms with Gasteiger partial charge in [0.15, 0.2) is 0 Å². The van der Waals surface area contributed by atoms with E-state index in [-0.39, 0.29) is 23.8 Å². The van der Waals surface area contributed by atoms with Crippen LogP contribution in [-0.2, 0) is 19.6 Å². The number of ether oxygens (including phenoxy) is 1. The van der Waals surface area contributed by atoms with Crippen molar-refractivity contribution >= 4 is 28.0 Å². The number of nitrogens with two attached hydrogens (primary N) is 2. The third-order valence-corrected chi connectivity index (χ3v) is 5.74.